The number of carbonyl (C=O) groups excluding carboxylic acids is 1. The fourth-order valence-electron chi connectivity index (χ4n) is 1.60. The number of nitrogens with one attached hydrogen (secondary N) is 1. The van der Waals surface area contributed by atoms with E-state index in [9.17, 15) is 18.0 Å². The number of halogens is 3. The number of hydrogen-bond donors (Lipinski definition) is 1. The molecule has 1 aromatic carbocycles. The van der Waals surface area contributed by atoms with Crippen molar-refractivity contribution in [2.24, 2.45) is 7.05 Å². The lowest BCUT2D eigenvalue weighted by atomic mass is 10.2. The third-order valence-electron chi connectivity index (χ3n) is 2.62. The van der Waals surface area contributed by atoms with E-state index in [4.69, 9.17) is 0 Å². The number of nitrogens with zero attached hydrogens (tertiary/aromatic N) is 2. The van der Waals surface area contributed by atoms with Gasteiger partial charge in [-0.2, -0.15) is 13.2 Å². The molecule has 1 amide bonds. The predicted molar refractivity (Wildman–Crippen MR) is 60.1 cm³/mol. The van der Waals surface area contributed by atoms with Crippen molar-refractivity contribution in [3.05, 3.63) is 24.0 Å². The van der Waals surface area contributed by atoms with Crippen molar-refractivity contribution < 1.29 is 18.0 Å². The van der Waals surface area contributed by atoms with Crippen LogP contribution in [0.5, 0.6) is 0 Å². The minimum Gasteiger partial charge on any atom is -0.331 e. The monoisotopic (exact) mass is 257 g/mol. The molecule has 0 spiro atoms. The number of carbonyl (C=O) groups is 1. The summed E-state index contributed by atoms with van der Waals surface area (Å²) in [5.74, 6) is -1.25. The highest BCUT2D eigenvalue weighted by molar-refractivity contribution is 5.96. The molecule has 0 aliphatic heterocycles. The van der Waals surface area contributed by atoms with Crippen LogP contribution in [0.2, 0.25) is 0 Å². The molecule has 1 heterocycles. The molecule has 0 saturated heterocycles. The van der Waals surface area contributed by atoms with Gasteiger partial charge in [-0.05, 0) is 25.1 Å². The Morgan fingerprint density at radius 1 is 1.39 bits per heavy atom. The van der Waals surface area contributed by atoms with Crippen molar-refractivity contribution in [3.8, 4) is 0 Å². The van der Waals surface area contributed by atoms with E-state index in [1.807, 2.05) is 4.57 Å². The summed E-state index contributed by atoms with van der Waals surface area (Å²) in [5, 5.41) is 1.79. The Labute approximate surface area is 100 Å². The molecule has 1 aromatic heterocycles. The number of amides is 1. The van der Waals surface area contributed by atoms with Crippen LogP contribution in [-0.2, 0) is 11.8 Å². The van der Waals surface area contributed by atoms with Crippen LogP contribution < -0.4 is 5.32 Å². The first-order valence-electron chi connectivity index (χ1n) is 5.10. The molecular weight excluding hydrogens is 247 g/mol. The number of aromatic nitrogens is 2. The fourth-order valence-corrected chi connectivity index (χ4v) is 1.60. The molecule has 18 heavy (non-hydrogen) atoms. The lowest BCUT2D eigenvalue weighted by molar-refractivity contribution is -0.167. The SMILES string of the molecule is Cc1nc2cc(NC(=O)C(F)(F)F)ccc2n1C. The molecule has 0 aliphatic carbocycles. The Morgan fingerprint density at radius 2 is 2.06 bits per heavy atom. The van der Waals surface area contributed by atoms with Gasteiger partial charge < -0.3 is 9.88 Å². The van der Waals surface area contributed by atoms with Crippen LogP contribution >= 0.6 is 0 Å². The summed E-state index contributed by atoms with van der Waals surface area (Å²) in [6.07, 6.45) is -4.89. The average Bonchev–Trinajstić information content (AvgIpc) is 2.53. The molecule has 0 fully saturated rings. The molecule has 96 valence electrons. The highest BCUT2D eigenvalue weighted by Gasteiger charge is 2.38. The molecule has 0 saturated carbocycles. The molecular formula is C11H10F3N3O. The zero-order valence-corrected chi connectivity index (χ0v) is 9.67. The molecule has 0 unspecified atom stereocenters. The quantitative estimate of drug-likeness (QED) is 0.852. The first-order chi connectivity index (χ1) is 8.29. The zero-order chi connectivity index (χ0) is 13.5. The van der Waals surface area contributed by atoms with Gasteiger partial charge >= 0.3 is 12.1 Å². The summed E-state index contributed by atoms with van der Waals surface area (Å²) in [5.41, 5.74) is 1.40. The van der Waals surface area contributed by atoms with Crippen molar-refractivity contribution in [2.75, 3.05) is 5.32 Å². The lowest BCUT2D eigenvalue weighted by Gasteiger charge is -2.07. The normalized spacial score (nSPS) is 11.8. The van der Waals surface area contributed by atoms with Gasteiger partial charge in [0.05, 0.1) is 11.0 Å². The summed E-state index contributed by atoms with van der Waals surface area (Å²) in [6, 6.07) is 4.43. The van der Waals surface area contributed by atoms with Gasteiger partial charge in [-0.15, -0.1) is 0 Å². The van der Waals surface area contributed by atoms with Gasteiger partial charge in [0.15, 0.2) is 0 Å². The van der Waals surface area contributed by atoms with Crippen LogP contribution in [0.4, 0.5) is 18.9 Å². The number of anilines is 1. The third kappa shape index (κ3) is 2.15. The number of benzene rings is 1. The molecule has 2 aromatic rings. The zero-order valence-electron chi connectivity index (χ0n) is 9.67. The van der Waals surface area contributed by atoms with Gasteiger partial charge in [-0.3, -0.25) is 4.79 Å². The molecule has 0 radical (unpaired) electrons. The summed E-state index contributed by atoms with van der Waals surface area (Å²) in [7, 11) is 1.80. The highest BCUT2D eigenvalue weighted by atomic mass is 19.4. The number of imidazole rings is 1. The van der Waals surface area contributed by atoms with Gasteiger partial charge in [0.1, 0.15) is 5.82 Å². The van der Waals surface area contributed by atoms with Crippen LogP contribution in [0.25, 0.3) is 11.0 Å². The minimum atomic E-state index is -4.89. The molecule has 0 bridgehead atoms. The Kier molecular flexibility index (Phi) is 2.76. The lowest BCUT2D eigenvalue weighted by Crippen LogP contribution is -2.29. The van der Waals surface area contributed by atoms with Crippen molar-refractivity contribution in [2.45, 2.75) is 13.1 Å². The van der Waals surface area contributed by atoms with E-state index in [0.29, 0.717) is 5.52 Å². The van der Waals surface area contributed by atoms with E-state index in [1.54, 1.807) is 25.4 Å². The fraction of sp³-hybridized carbons (Fsp3) is 0.273. The van der Waals surface area contributed by atoms with E-state index >= 15 is 0 Å². The summed E-state index contributed by atoms with van der Waals surface area (Å²) in [6.45, 7) is 1.79. The van der Waals surface area contributed by atoms with E-state index in [0.717, 1.165) is 11.3 Å². The van der Waals surface area contributed by atoms with Crippen molar-refractivity contribution in [3.63, 3.8) is 0 Å². The number of alkyl halides is 3. The Hall–Kier alpha value is -2.05. The van der Waals surface area contributed by atoms with E-state index in [2.05, 4.69) is 4.98 Å². The van der Waals surface area contributed by atoms with Crippen LogP contribution in [0, 0.1) is 6.92 Å². The Morgan fingerprint density at radius 3 is 2.67 bits per heavy atom. The van der Waals surface area contributed by atoms with Crippen LogP contribution in [0.3, 0.4) is 0 Å². The second-order valence-corrected chi connectivity index (χ2v) is 3.87. The van der Waals surface area contributed by atoms with E-state index < -0.39 is 12.1 Å². The standard InChI is InChI=1S/C11H10F3N3O/c1-6-15-8-5-7(3-4-9(8)17(6)2)16-10(18)11(12,13)14/h3-5H,1-2H3,(H,16,18). The summed E-state index contributed by atoms with van der Waals surface area (Å²) >= 11 is 0. The second-order valence-electron chi connectivity index (χ2n) is 3.87. The predicted octanol–water partition coefficient (Wildman–Crippen LogP) is 2.38. The van der Waals surface area contributed by atoms with Gasteiger partial charge in [0.2, 0.25) is 0 Å². The topological polar surface area (TPSA) is 46.9 Å². The van der Waals surface area contributed by atoms with Gasteiger partial charge in [0, 0.05) is 12.7 Å². The molecule has 2 rings (SSSR count). The highest BCUT2D eigenvalue weighted by Crippen LogP contribution is 2.22. The summed E-state index contributed by atoms with van der Waals surface area (Å²) < 4.78 is 38.1. The molecule has 1 N–H and O–H groups in total. The number of fused-ring (bicyclic) bond motifs is 1. The van der Waals surface area contributed by atoms with Crippen LogP contribution in [0.15, 0.2) is 18.2 Å². The smallest absolute Gasteiger partial charge is 0.331 e. The van der Waals surface area contributed by atoms with Crippen LogP contribution in [0.1, 0.15) is 5.82 Å². The van der Waals surface area contributed by atoms with E-state index in [-0.39, 0.29) is 5.69 Å². The number of rotatable bonds is 1. The minimum absolute atomic E-state index is 0.0722. The molecule has 0 aliphatic rings. The maximum Gasteiger partial charge on any atom is 0.471 e. The summed E-state index contributed by atoms with van der Waals surface area (Å²) in [4.78, 5) is 15.0. The molecule has 4 nitrogen and oxygen atoms in total. The van der Waals surface area contributed by atoms with Crippen molar-refractivity contribution in [1.82, 2.24) is 9.55 Å². The number of hydrogen-bond acceptors (Lipinski definition) is 2. The molecule has 0 atom stereocenters. The van der Waals surface area contributed by atoms with Gasteiger partial charge in [-0.25, -0.2) is 4.98 Å². The molecule has 7 heteroatoms. The van der Waals surface area contributed by atoms with Crippen LogP contribution in [-0.4, -0.2) is 21.6 Å². The van der Waals surface area contributed by atoms with Gasteiger partial charge in [-0.1, -0.05) is 0 Å². The maximum atomic E-state index is 12.1. The third-order valence-corrected chi connectivity index (χ3v) is 2.62. The number of aryl methyl sites for hydroxylation is 2. The van der Waals surface area contributed by atoms with Crippen molar-refractivity contribution >= 4 is 22.6 Å². The van der Waals surface area contributed by atoms with E-state index in [1.165, 1.54) is 12.1 Å². The first-order valence-corrected chi connectivity index (χ1v) is 5.10. The second kappa shape index (κ2) is 4.01. The Bertz CT molecular complexity index is 616. The largest absolute Gasteiger partial charge is 0.471 e. The average molecular weight is 257 g/mol. The first kappa shape index (κ1) is 12.4. The van der Waals surface area contributed by atoms with Crippen molar-refractivity contribution in [1.29, 1.82) is 0 Å². The Balaban J connectivity index is 2.34. The van der Waals surface area contributed by atoms with Gasteiger partial charge in [0.25, 0.3) is 0 Å². The maximum absolute atomic E-state index is 12.1.